The Morgan fingerprint density at radius 1 is 0.607 bits per heavy atom. The van der Waals surface area contributed by atoms with Crippen LogP contribution in [0, 0.1) is 0 Å². The molecule has 2 nitrogen and oxygen atoms in total. The fourth-order valence-electron chi connectivity index (χ4n) is 2.84. The van der Waals surface area contributed by atoms with Crippen molar-refractivity contribution in [2.75, 3.05) is 0 Å². The predicted molar refractivity (Wildman–Crippen MR) is 122 cm³/mol. The molecule has 0 saturated heterocycles. The summed E-state index contributed by atoms with van der Waals surface area (Å²) < 4.78 is 0. The van der Waals surface area contributed by atoms with Gasteiger partial charge in [-0.15, -0.1) is 0 Å². The molecule has 3 aromatic rings. The van der Waals surface area contributed by atoms with Crippen molar-refractivity contribution in [1.82, 2.24) is 0 Å². The molecule has 138 valence electrons. The smallest absolute Gasteiger partial charge is 0.0633 e. The molecule has 0 aliphatic rings. The molecule has 28 heavy (non-hydrogen) atoms. The summed E-state index contributed by atoms with van der Waals surface area (Å²) in [4.78, 5) is 9.56. The predicted octanol–water partition coefficient (Wildman–Crippen LogP) is 7.21. The number of benzene rings is 3. The number of hydrogen-bond acceptors (Lipinski definition) is 2. The first-order valence-electron chi connectivity index (χ1n) is 9.37. The summed E-state index contributed by atoms with van der Waals surface area (Å²) in [6.45, 7) is 4.05. The number of nitrogens with zero attached hydrogens (tertiary/aromatic N) is 2. The van der Waals surface area contributed by atoms with Gasteiger partial charge in [-0.2, -0.15) is 0 Å². The Balaban J connectivity index is 1.95. The van der Waals surface area contributed by atoms with Crippen LogP contribution >= 0.6 is 0 Å². The minimum atomic E-state index is 0.932. The first-order valence-corrected chi connectivity index (χ1v) is 9.37. The van der Waals surface area contributed by atoms with E-state index in [-0.39, 0.29) is 0 Å². The van der Waals surface area contributed by atoms with Gasteiger partial charge < -0.3 is 0 Å². The van der Waals surface area contributed by atoms with Crippen molar-refractivity contribution >= 4 is 28.9 Å². The van der Waals surface area contributed by atoms with E-state index in [1.165, 1.54) is 0 Å². The van der Waals surface area contributed by atoms with Gasteiger partial charge in [-0.3, -0.25) is 9.98 Å². The van der Waals surface area contributed by atoms with Crippen LogP contribution in [0.15, 0.2) is 119 Å². The van der Waals surface area contributed by atoms with Crippen molar-refractivity contribution in [1.29, 1.82) is 0 Å². The van der Waals surface area contributed by atoms with E-state index in [0.717, 1.165) is 33.9 Å². The minimum absolute atomic E-state index is 0.932. The standard InChI is InChI=1S/C26H24N2/c1-21(27-24-16-8-4-9-17-24)26(20-12-15-23-13-6-3-7-14-23)22(2)28-25-18-10-5-11-19-25/h3-20H,1-2H3/b15-12+,26-20?,27-21?,28-22?. The molecule has 0 bridgehead atoms. The Morgan fingerprint density at radius 3 is 1.50 bits per heavy atom. The second-order valence-corrected chi connectivity index (χ2v) is 6.42. The van der Waals surface area contributed by atoms with E-state index in [0.29, 0.717) is 0 Å². The second-order valence-electron chi connectivity index (χ2n) is 6.42. The van der Waals surface area contributed by atoms with E-state index in [9.17, 15) is 0 Å². The highest BCUT2D eigenvalue weighted by molar-refractivity contribution is 6.24. The van der Waals surface area contributed by atoms with E-state index < -0.39 is 0 Å². The third kappa shape index (κ3) is 5.75. The molecule has 0 atom stereocenters. The molecular weight excluding hydrogens is 340 g/mol. The zero-order valence-corrected chi connectivity index (χ0v) is 16.3. The number of hydrogen-bond donors (Lipinski definition) is 0. The summed E-state index contributed by atoms with van der Waals surface area (Å²) in [6.07, 6.45) is 6.22. The molecule has 0 aliphatic carbocycles. The molecule has 3 aromatic carbocycles. The monoisotopic (exact) mass is 364 g/mol. The lowest BCUT2D eigenvalue weighted by molar-refractivity contribution is 1.46. The largest absolute Gasteiger partial charge is 0.253 e. The summed E-state index contributed by atoms with van der Waals surface area (Å²) in [5.41, 5.74) is 5.91. The summed E-state index contributed by atoms with van der Waals surface area (Å²) in [6, 6.07) is 30.3. The maximum absolute atomic E-state index is 4.78. The van der Waals surface area contributed by atoms with Gasteiger partial charge >= 0.3 is 0 Å². The Morgan fingerprint density at radius 2 is 1.04 bits per heavy atom. The number of aliphatic imine (C=N–C) groups is 2. The third-order valence-corrected chi connectivity index (χ3v) is 4.24. The van der Waals surface area contributed by atoms with E-state index in [1.54, 1.807) is 0 Å². The molecule has 0 spiro atoms. The number of para-hydroxylation sites is 2. The van der Waals surface area contributed by atoms with Gasteiger partial charge in [-0.1, -0.05) is 85.0 Å². The lowest BCUT2D eigenvalue weighted by Crippen LogP contribution is -2.06. The Hall–Kier alpha value is -3.52. The van der Waals surface area contributed by atoms with Crippen molar-refractivity contribution in [3.8, 4) is 0 Å². The fraction of sp³-hybridized carbons (Fsp3) is 0.0769. The van der Waals surface area contributed by atoms with E-state index >= 15 is 0 Å². The molecule has 3 rings (SSSR count). The van der Waals surface area contributed by atoms with Crippen LogP contribution in [0.2, 0.25) is 0 Å². The fourth-order valence-corrected chi connectivity index (χ4v) is 2.84. The average Bonchev–Trinajstić information content (AvgIpc) is 2.73. The van der Waals surface area contributed by atoms with Gasteiger partial charge in [-0.05, 0) is 43.7 Å². The molecule has 0 N–H and O–H groups in total. The zero-order valence-electron chi connectivity index (χ0n) is 16.3. The number of allylic oxidation sites excluding steroid dienone is 3. The van der Waals surface area contributed by atoms with Gasteiger partial charge in [-0.25, -0.2) is 0 Å². The van der Waals surface area contributed by atoms with Crippen LogP contribution in [0.1, 0.15) is 19.4 Å². The van der Waals surface area contributed by atoms with Crippen LogP contribution in [0.4, 0.5) is 11.4 Å². The van der Waals surface area contributed by atoms with Crippen molar-refractivity contribution < 1.29 is 0 Å². The quantitative estimate of drug-likeness (QED) is 0.326. The lowest BCUT2D eigenvalue weighted by atomic mass is 10.1. The molecule has 0 amide bonds. The van der Waals surface area contributed by atoms with Crippen molar-refractivity contribution in [3.63, 3.8) is 0 Å². The molecule has 0 unspecified atom stereocenters. The van der Waals surface area contributed by atoms with Crippen molar-refractivity contribution in [3.05, 3.63) is 114 Å². The normalized spacial score (nSPS) is 12.2. The van der Waals surface area contributed by atoms with Crippen LogP contribution < -0.4 is 0 Å². The highest BCUT2D eigenvalue weighted by Crippen LogP contribution is 2.17. The Bertz CT molecular complexity index is 939. The highest BCUT2D eigenvalue weighted by atomic mass is 14.8. The van der Waals surface area contributed by atoms with Crippen LogP contribution in [0.5, 0.6) is 0 Å². The summed E-state index contributed by atoms with van der Waals surface area (Å²) in [5.74, 6) is 0. The maximum atomic E-state index is 4.78. The first-order chi connectivity index (χ1) is 13.7. The molecule has 0 radical (unpaired) electrons. The van der Waals surface area contributed by atoms with E-state index in [2.05, 4.69) is 30.4 Å². The van der Waals surface area contributed by atoms with Crippen LogP contribution in [-0.4, -0.2) is 11.4 Å². The second kappa shape index (κ2) is 9.98. The molecule has 0 aliphatic heterocycles. The zero-order chi connectivity index (χ0) is 19.6. The topological polar surface area (TPSA) is 24.7 Å². The van der Waals surface area contributed by atoms with Crippen LogP contribution in [0.25, 0.3) is 6.08 Å². The molecular formula is C26H24N2. The average molecular weight is 364 g/mol. The lowest BCUT2D eigenvalue weighted by Gasteiger charge is -2.07. The van der Waals surface area contributed by atoms with Crippen molar-refractivity contribution in [2.45, 2.75) is 13.8 Å². The van der Waals surface area contributed by atoms with Crippen molar-refractivity contribution in [2.24, 2.45) is 9.98 Å². The SMILES string of the molecule is CC(=Nc1ccccc1)C(=C/C=C/c1ccccc1)C(C)=Nc1ccccc1. The maximum Gasteiger partial charge on any atom is 0.0633 e. The summed E-state index contributed by atoms with van der Waals surface area (Å²) in [7, 11) is 0. The van der Waals surface area contributed by atoms with Crippen LogP contribution in [-0.2, 0) is 0 Å². The summed E-state index contributed by atoms with van der Waals surface area (Å²) in [5, 5.41) is 0. The van der Waals surface area contributed by atoms with Gasteiger partial charge in [0.25, 0.3) is 0 Å². The molecule has 0 fully saturated rings. The first kappa shape index (κ1) is 19.2. The van der Waals surface area contributed by atoms with Crippen LogP contribution in [0.3, 0.4) is 0 Å². The van der Waals surface area contributed by atoms with Gasteiger partial charge in [0.15, 0.2) is 0 Å². The Labute approximate surface area is 167 Å². The van der Waals surface area contributed by atoms with Gasteiger partial charge in [0.05, 0.1) is 11.4 Å². The minimum Gasteiger partial charge on any atom is -0.253 e. The van der Waals surface area contributed by atoms with E-state index in [1.807, 2.05) is 92.7 Å². The highest BCUT2D eigenvalue weighted by Gasteiger charge is 2.06. The number of rotatable bonds is 6. The molecule has 0 aromatic heterocycles. The molecule has 0 heterocycles. The molecule has 0 saturated carbocycles. The van der Waals surface area contributed by atoms with Gasteiger partial charge in [0.1, 0.15) is 0 Å². The van der Waals surface area contributed by atoms with Gasteiger partial charge in [0, 0.05) is 17.0 Å². The van der Waals surface area contributed by atoms with E-state index in [4.69, 9.17) is 9.98 Å². The summed E-state index contributed by atoms with van der Waals surface area (Å²) >= 11 is 0. The third-order valence-electron chi connectivity index (χ3n) is 4.24. The Kier molecular flexibility index (Phi) is 6.86. The molecule has 2 heteroatoms. The van der Waals surface area contributed by atoms with Gasteiger partial charge in [0.2, 0.25) is 0 Å².